The summed E-state index contributed by atoms with van der Waals surface area (Å²) >= 11 is 0. The largest absolute Gasteiger partial charge is 0.507 e. The number of urea groups is 1. The zero-order valence-corrected chi connectivity index (χ0v) is 17.0. The summed E-state index contributed by atoms with van der Waals surface area (Å²) in [6.07, 6.45) is -0.0109. The van der Waals surface area contributed by atoms with Gasteiger partial charge >= 0.3 is 11.7 Å². The average Bonchev–Trinajstić information content (AvgIpc) is 2.98. The Kier molecular flexibility index (Phi) is 4.51. The molecule has 3 heterocycles. The lowest BCUT2D eigenvalue weighted by Crippen LogP contribution is -2.37. The highest BCUT2D eigenvalue weighted by Gasteiger charge is 2.29. The Morgan fingerprint density at radius 2 is 1.84 bits per heavy atom. The molecule has 1 aliphatic rings. The summed E-state index contributed by atoms with van der Waals surface area (Å²) in [5.74, 6) is -0.221. The molecule has 2 aromatic carbocycles. The molecule has 5 rings (SSSR count). The van der Waals surface area contributed by atoms with Crippen LogP contribution in [0.25, 0.3) is 21.9 Å². The Morgan fingerprint density at radius 3 is 2.69 bits per heavy atom. The molecule has 2 amide bonds. The fourth-order valence-electron chi connectivity index (χ4n) is 4.02. The van der Waals surface area contributed by atoms with Crippen molar-refractivity contribution in [1.82, 2.24) is 15.3 Å². The second kappa shape index (κ2) is 7.38. The predicted octanol–water partition coefficient (Wildman–Crippen LogP) is 2.50. The van der Waals surface area contributed by atoms with E-state index in [2.05, 4.69) is 15.8 Å². The molecule has 0 saturated carbocycles. The molecule has 0 spiro atoms. The molecule has 160 valence electrons. The Hall–Kier alpha value is -4.40. The number of nitrogens with one attached hydrogen (secondary N) is 2. The summed E-state index contributed by atoms with van der Waals surface area (Å²) in [4.78, 5) is 38.0. The van der Waals surface area contributed by atoms with Crippen LogP contribution in [-0.2, 0) is 7.05 Å². The molecule has 0 bridgehead atoms. The quantitative estimate of drug-likeness (QED) is 0.421. The minimum absolute atomic E-state index is 0.0109. The van der Waals surface area contributed by atoms with Crippen LogP contribution in [0.3, 0.4) is 0 Å². The van der Waals surface area contributed by atoms with Crippen LogP contribution in [0.15, 0.2) is 73.7 Å². The van der Waals surface area contributed by atoms with Gasteiger partial charge in [0.25, 0.3) is 5.56 Å². The topological polar surface area (TPSA) is 126 Å². The number of carbonyl (C=O) groups excluding carboxylic acids is 1. The van der Waals surface area contributed by atoms with Gasteiger partial charge in [0.05, 0.1) is 28.4 Å². The fourth-order valence-corrected chi connectivity index (χ4v) is 4.02. The zero-order valence-electron chi connectivity index (χ0n) is 17.0. The van der Waals surface area contributed by atoms with Crippen LogP contribution >= 0.6 is 0 Å². The monoisotopic (exact) mass is 430 g/mol. The number of rotatable bonds is 2. The molecule has 1 atom stereocenters. The van der Waals surface area contributed by atoms with Crippen LogP contribution in [0.1, 0.15) is 23.6 Å². The molecule has 32 heavy (non-hydrogen) atoms. The predicted molar refractivity (Wildman–Crippen MR) is 119 cm³/mol. The second-order valence-corrected chi connectivity index (χ2v) is 7.53. The number of hydrogen-bond acceptors (Lipinski definition) is 6. The third kappa shape index (κ3) is 3.11. The van der Waals surface area contributed by atoms with Gasteiger partial charge in [-0.15, -0.1) is 0 Å². The number of pyridine rings is 1. The SMILES string of the molecule is Cn1c(=O)c(C2CC(c3cc4ccccc4oc3=O)=NNC(=O)N2)c(O)c2ccccc21. The van der Waals surface area contributed by atoms with E-state index in [9.17, 15) is 19.5 Å². The molecule has 9 nitrogen and oxygen atoms in total. The van der Waals surface area contributed by atoms with E-state index >= 15 is 0 Å². The number of para-hydroxylation sites is 2. The van der Waals surface area contributed by atoms with E-state index in [1.165, 1.54) is 4.57 Å². The van der Waals surface area contributed by atoms with Gasteiger partial charge in [-0.25, -0.2) is 15.0 Å². The smallest absolute Gasteiger partial charge is 0.345 e. The Balaban J connectivity index is 1.66. The Bertz CT molecular complexity index is 1550. The molecular formula is C23H18N4O5. The number of aromatic hydroxyl groups is 1. The summed E-state index contributed by atoms with van der Waals surface area (Å²) in [7, 11) is 1.59. The van der Waals surface area contributed by atoms with Crippen molar-refractivity contribution in [2.45, 2.75) is 12.5 Å². The fraction of sp³-hybridized carbons (Fsp3) is 0.130. The van der Waals surface area contributed by atoms with Gasteiger partial charge in [-0.05, 0) is 24.3 Å². The van der Waals surface area contributed by atoms with Gasteiger partial charge in [0, 0.05) is 24.2 Å². The second-order valence-electron chi connectivity index (χ2n) is 7.53. The minimum Gasteiger partial charge on any atom is -0.507 e. The molecule has 1 aliphatic heterocycles. The Labute approximate surface area is 180 Å². The zero-order chi connectivity index (χ0) is 22.4. The molecule has 9 heteroatoms. The van der Waals surface area contributed by atoms with Crippen LogP contribution in [0, 0.1) is 0 Å². The van der Waals surface area contributed by atoms with Crippen molar-refractivity contribution in [2.24, 2.45) is 12.1 Å². The van der Waals surface area contributed by atoms with Gasteiger partial charge in [0.2, 0.25) is 0 Å². The van der Waals surface area contributed by atoms with Crippen molar-refractivity contribution in [3.8, 4) is 5.75 Å². The number of hydrazone groups is 1. The number of nitrogens with zero attached hydrogens (tertiary/aromatic N) is 2. The highest BCUT2D eigenvalue weighted by Crippen LogP contribution is 2.32. The van der Waals surface area contributed by atoms with Crippen molar-refractivity contribution in [3.05, 3.63) is 86.5 Å². The molecule has 2 aromatic heterocycles. The lowest BCUT2D eigenvalue weighted by molar-refractivity contribution is 0.238. The summed E-state index contributed by atoms with van der Waals surface area (Å²) in [6, 6.07) is 14.0. The summed E-state index contributed by atoms with van der Waals surface area (Å²) in [6.45, 7) is 0. The van der Waals surface area contributed by atoms with E-state index in [1.807, 2.05) is 6.07 Å². The summed E-state index contributed by atoms with van der Waals surface area (Å²) < 4.78 is 6.81. The number of aromatic nitrogens is 1. The molecule has 0 aliphatic carbocycles. The van der Waals surface area contributed by atoms with Crippen molar-refractivity contribution in [2.75, 3.05) is 0 Å². The number of benzene rings is 2. The first-order valence-corrected chi connectivity index (χ1v) is 9.91. The van der Waals surface area contributed by atoms with Gasteiger partial charge in [-0.1, -0.05) is 30.3 Å². The molecule has 0 fully saturated rings. The van der Waals surface area contributed by atoms with Gasteiger partial charge in [-0.3, -0.25) is 4.79 Å². The van der Waals surface area contributed by atoms with E-state index in [1.54, 1.807) is 55.6 Å². The first-order valence-electron chi connectivity index (χ1n) is 9.91. The van der Waals surface area contributed by atoms with Gasteiger partial charge in [0.1, 0.15) is 11.3 Å². The number of fused-ring (bicyclic) bond motifs is 2. The molecular weight excluding hydrogens is 412 g/mol. The van der Waals surface area contributed by atoms with Gasteiger partial charge in [0.15, 0.2) is 0 Å². The molecule has 1 unspecified atom stereocenters. The lowest BCUT2D eigenvalue weighted by Gasteiger charge is -2.19. The van der Waals surface area contributed by atoms with Crippen molar-refractivity contribution < 1.29 is 14.3 Å². The first kappa shape index (κ1) is 19.6. The lowest BCUT2D eigenvalue weighted by atomic mass is 9.96. The molecule has 4 aromatic rings. The van der Waals surface area contributed by atoms with Crippen molar-refractivity contribution >= 4 is 33.6 Å². The van der Waals surface area contributed by atoms with E-state index in [-0.39, 0.29) is 29.0 Å². The third-order valence-electron chi connectivity index (χ3n) is 5.61. The van der Waals surface area contributed by atoms with E-state index < -0.39 is 23.3 Å². The van der Waals surface area contributed by atoms with Gasteiger partial charge < -0.3 is 19.4 Å². The van der Waals surface area contributed by atoms with Crippen molar-refractivity contribution in [1.29, 1.82) is 0 Å². The van der Waals surface area contributed by atoms with E-state index in [0.717, 1.165) is 0 Å². The van der Waals surface area contributed by atoms with E-state index in [0.29, 0.717) is 21.9 Å². The number of hydrogen-bond donors (Lipinski definition) is 3. The molecule has 3 N–H and O–H groups in total. The Morgan fingerprint density at radius 1 is 1.09 bits per heavy atom. The average molecular weight is 430 g/mol. The van der Waals surface area contributed by atoms with Gasteiger partial charge in [-0.2, -0.15) is 5.10 Å². The summed E-state index contributed by atoms with van der Waals surface area (Å²) in [5, 5.41) is 18.8. The van der Waals surface area contributed by atoms with Crippen LogP contribution in [0.2, 0.25) is 0 Å². The molecule has 0 saturated heterocycles. The van der Waals surface area contributed by atoms with E-state index in [4.69, 9.17) is 4.42 Å². The third-order valence-corrected chi connectivity index (χ3v) is 5.61. The number of carbonyl (C=O) groups is 1. The maximum atomic E-state index is 13.1. The summed E-state index contributed by atoms with van der Waals surface area (Å²) in [5.41, 5.74) is 2.63. The van der Waals surface area contributed by atoms with Crippen LogP contribution < -0.4 is 21.9 Å². The maximum absolute atomic E-state index is 13.1. The highest BCUT2D eigenvalue weighted by atomic mass is 16.4. The minimum atomic E-state index is -0.926. The first-order chi connectivity index (χ1) is 15.4. The van der Waals surface area contributed by atoms with Crippen LogP contribution in [0.5, 0.6) is 5.75 Å². The standard InChI is InChI=1S/C23H18N4O5/c1-27-17-8-4-3-7-13(17)20(28)19(21(27)29)16-11-15(25-26-23(31)24-16)14-10-12-6-2-5-9-18(12)32-22(14)30/h2-10,16,28H,11H2,1H3,(H2,24,26,31). The number of aryl methyl sites for hydroxylation is 1. The number of amides is 2. The van der Waals surface area contributed by atoms with Crippen LogP contribution in [0.4, 0.5) is 4.79 Å². The normalized spacial score (nSPS) is 16.3. The molecule has 0 radical (unpaired) electrons. The van der Waals surface area contributed by atoms with Crippen LogP contribution in [-0.4, -0.2) is 21.4 Å². The van der Waals surface area contributed by atoms with Crippen molar-refractivity contribution in [3.63, 3.8) is 0 Å². The maximum Gasteiger partial charge on any atom is 0.345 e. The highest BCUT2D eigenvalue weighted by molar-refractivity contribution is 6.04.